The topological polar surface area (TPSA) is 35.5 Å². The Bertz CT molecular complexity index is 179. The Kier molecular flexibility index (Phi) is 10.4. The first-order valence-electron chi connectivity index (χ1n) is 6.56. The average molecular weight is 250 g/mol. The predicted molar refractivity (Wildman–Crippen MR) is 69.1 cm³/mol. The van der Waals surface area contributed by atoms with E-state index in [1.54, 1.807) is 0 Å². The lowest BCUT2D eigenvalue weighted by molar-refractivity contribution is 0.199. The lowest BCUT2D eigenvalue weighted by Gasteiger charge is -2.16. The van der Waals surface area contributed by atoms with Gasteiger partial charge in [0.1, 0.15) is 0 Å². The third kappa shape index (κ3) is 8.32. The lowest BCUT2D eigenvalue weighted by atomic mass is 10.3. The molecule has 0 radical (unpaired) electrons. The van der Waals surface area contributed by atoms with E-state index in [9.17, 15) is 4.57 Å². The monoisotopic (exact) mass is 250 g/mol. The van der Waals surface area contributed by atoms with Gasteiger partial charge in [-0.2, -0.15) is 0 Å². The fourth-order valence-electron chi connectivity index (χ4n) is 1.33. The molecule has 0 fully saturated rings. The van der Waals surface area contributed by atoms with Crippen LogP contribution in [0, 0.1) is 0 Å². The standard InChI is InChI=1S/C12H27O3P/c1-4-7-9-11-14-16(13,6-3)15-12-10-8-5-2/h4-12H2,1-3H3. The Morgan fingerprint density at radius 3 is 1.56 bits per heavy atom. The zero-order valence-electron chi connectivity index (χ0n) is 11.0. The molecular weight excluding hydrogens is 223 g/mol. The molecule has 0 atom stereocenters. The van der Waals surface area contributed by atoms with Gasteiger partial charge in [-0.3, -0.25) is 4.57 Å². The van der Waals surface area contributed by atoms with E-state index < -0.39 is 7.60 Å². The van der Waals surface area contributed by atoms with E-state index in [0.717, 1.165) is 38.5 Å². The Hall–Kier alpha value is 0.150. The van der Waals surface area contributed by atoms with Crippen LogP contribution >= 0.6 is 7.60 Å². The van der Waals surface area contributed by atoms with Gasteiger partial charge in [-0.1, -0.05) is 46.5 Å². The fraction of sp³-hybridized carbons (Fsp3) is 1.00. The SMILES string of the molecule is CCCCCOP(=O)(CC)OCCCCC. The van der Waals surface area contributed by atoms with E-state index in [4.69, 9.17) is 9.05 Å². The maximum atomic E-state index is 12.1. The zero-order valence-corrected chi connectivity index (χ0v) is 11.9. The van der Waals surface area contributed by atoms with Crippen molar-refractivity contribution in [3.63, 3.8) is 0 Å². The van der Waals surface area contributed by atoms with Crippen molar-refractivity contribution < 1.29 is 13.6 Å². The molecule has 0 aliphatic heterocycles. The van der Waals surface area contributed by atoms with E-state index in [1.165, 1.54) is 0 Å². The van der Waals surface area contributed by atoms with E-state index in [0.29, 0.717) is 19.4 Å². The van der Waals surface area contributed by atoms with Gasteiger partial charge in [0.15, 0.2) is 0 Å². The quantitative estimate of drug-likeness (QED) is 0.396. The zero-order chi connectivity index (χ0) is 12.3. The maximum Gasteiger partial charge on any atom is 0.330 e. The number of unbranched alkanes of at least 4 members (excludes halogenated alkanes) is 4. The van der Waals surface area contributed by atoms with Gasteiger partial charge >= 0.3 is 7.60 Å². The first-order valence-corrected chi connectivity index (χ1v) is 8.29. The number of rotatable bonds is 11. The summed E-state index contributed by atoms with van der Waals surface area (Å²) in [6.07, 6.45) is 6.97. The molecule has 16 heavy (non-hydrogen) atoms. The Labute approximate surface area is 100 Å². The number of hydrogen-bond acceptors (Lipinski definition) is 3. The van der Waals surface area contributed by atoms with Crippen LogP contribution in [0.15, 0.2) is 0 Å². The van der Waals surface area contributed by atoms with Crippen molar-refractivity contribution in [2.75, 3.05) is 19.4 Å². The van der Waals surface area contributed by atoms with Crippen molar-refractivity contribution in [2.45, 2.75) is 59.3 Å². The first-order chi connectivity index (χ1) is 7.68. The molecule has 0 N–H and O–H groups in total. The summed E-state index contributed by atoms with van der Waals surface area (Å²) in [6, 6.07) is 0. The molecule has 0 bridgehead atoms. The summed E-state index contributed by atoms with van der Waals surface area (Å²) in [5.41, 5.74) is 0. The van der Waals surface area contributed by atoms with Crippen LogP contribution in [0.4, 0.5) is 0 Å². The van der Waals surface area contributed by atoms with Crippen molar-refractivity contribution >= 4 is 7.60 Å². The van der Waals surface area contributed by atoms with Crippen LogP contribution in [0.2, 0.25) is 0 Å². The third-order valence-corrected chi connectivity index (χ3v) is 4.39. The molecule has 0 amide bonds. The predicted octanol–water partition coefficient (Wildman–Crippen LogP) is 4.61. The van der Waals surface area contributed by atoms with Crippen molar-refractivity contribution in [1.82, 2.24) is 0 Å². The van der Waals surface area contributed by atoms with Gasteiger partial charge in [0.25, 0.3) is 0 Å². The summed E-state index contributed by atoms with van der Waals surface area (Å²) in [5, 5.41) is 0. The summed E-state index contributed by atoms with van der Waals surface area (Å²) < 4.78 is 22.9. The van der Waals surface area contributed by atoms with Crippen molar-refractivity contribution in [2.24, 2.45) is 0 Å². The second-order valence-corrected chi connectivity index (χ2v) is 6.38. The first kappa shape index (κ1) is 16.1. The van der Waals surface area contributed by atoms with E-state index in [1.807, 2.05) is 6.92 Å². The maximum absolute atomic E-state index is 12.1. The van der Waals surface area contributed by atoms with Crippen LogP contribution < -0.4 is 0 Å². The second kappa shape index (κ2) is 10.3. The van der Waals surface area contributed by atoms with Crippen molar-refractivity contribution in [3.8, 4) is 0 Å². The van der Waals surface area contributed by atoms with Gasteiger partial charge in [0.05, 0.1) is 13.2 Å². The molecule has 4 heteroatoms. The van der Waals surface area contributed by atoms with Gasteiger partial charge in [0, 0.05) is 6.16 Å². The molecule has 0 aliphatic rings. The minimum Gasteiger partial charge on any atom is -0.309 e. The highest BCUT2D eigenvalue weighted by Crippen LogP contribution is 2.47. The molecule has 0 aromatic rings. The summed E-state index contributed by atoms with van der Waals surface area (Å²) in [4.78, 5) is 0. The van der Waals surface area contributed by atoms with E-state index >= 15 is 0 Å². The summed E-state index contributed by atoms with van der Waals surface area (Å²) in [7, 11) is -2.78. The minimum atomic E-state index is -2.78. The third-order valence-electron chi connectivity index (χ3n) is 2.46. The van der Waals surface area contributed by atoms with Crippen LogP contribution in [-0.4, -0.2) is 19.4 Å². The Morgan fingerprint density at radius 1 is 0.812 bits per heavy atom. The van der Waals surface area contributed by atoms with Gasteiger partial charge in [-0.05, 0) is 12.8 Å². The summed E-state index contributed by atoms with van der Waals surface area (Å²) in [5.74, 6) is 0. The molecule has 0 spiro atoms. The van der Waals surface area contributed by atoms with Crippen molar-refractivity contribution in [1.29, 1.82) is 0 Å². The average Bonchev–Trinajstić information content (AvgIpc) is 2.31. The molecule has 0 saturated heterocycles. The van der Waals surface area contributed by atoms with E-state index in [2.05, 4.69) is 13.8 Å². The highest BCUT2D eigenvalue weighted by Gasteiger charge is 2.20. The molecule has 0 aromatic heterocycles. The van der Waals surface area contributed by atoms with Crippen LogP contribution in [0.1, 0.15) is 59.3 Å². The van der Waals surface area contributed by atoms with Gasteiger partial charge in [0.2, 0.25) is 0 Å². The van der Waals surface area contributed by atoms with E-state index in [-0.39, 0.29) is 0 Å². The van der Waals surface area contributed by atoms with Crippen molar-refractivity contribution in [3.05, 3.63) is 0 Å². The van der Waals surface area contributed by atoms with Crippen LogP contribution in [0.3, 0.4) is 0 Å². The Balaban J connectivity index is 3.69. The Morgan fingerprint density at radius 2 is 1.25 bits per heavy atom. The summed E-state index contributed by atoms with van der Waals surface area (Å²) >= 11 is 0. The highest BCUT2D eigenvalue weighted by atomic mass is 31.2. The smallest absolute Gasteiger partial charge is 0.309 e. The van der Waals surface area contributed by atoms with Gasteiger partial charge < -0.3 is 9.05 Å². The van der Waals surface area contributed by atoms with Crippen LogP contribution in [0.5, 0.6) is 0 Å². The largest absolute Gasteiger partial charge is 0.330 e. The molecular formula is C12H27O3P. The van der Waals surface area contributed by atoms with Crippen LogP contribution in [0.25, 0.3) is 0 Å². The molecule has 98 valence electrons. The van der Waals surface area contributed by atoms with Gasteiger partial charge in [-0.15, -0.1) is 0 Å². The molecule has 0 unspecified atom stereocenters. The molecule has 0 heterocycles. The highest BCUT2D eigenvalue weighted by molar-refractivity contribution is 7.53. The molecule has 3 nitrogen and oxygen atoms in total. The molecule has 0 rings (SSSR count). The molecule has 0 aliphatic carbocycles. The lowest BCUT2D eigenvalue weighted by Crippen LogP contribution is -2.01. The number of hydrogen-bond donors (Lipinski definition) is 0. The summed E-state index contributed by atoms with van der Waals surface area (Å²) in [6.45, 7) is 7.27. The fourth-order valence-corrected chi connectivity index (χ4v) is 2.59. The second-order valence-electron chi connectivity index (χ2n) is 4.01. The normalized spacial score (nSPS) is 11.9. The van der Waals surface area contributed by atoms with Gasteiger partial charge in [-0.25, -0.2) is 0 Å². The minimum absolute atomic E-state index is 0.477. The molecule has 0 saturated carbocycles. The molecule has 0 aromatic carbocycles. The van der Waals surface area contributed by atoms with Crippen LogP contribution in [-0.2, 0) is 13.6 Å².